The van der Waals surface area contributed by atoms with Gasteiger partial charge in [0.2, 0.25) is 10.2 Å². The summed E-state index contributed by atoms with van der Waals surface area (Å²) in [6, 6.07) is 8.26. The zero-order chi connectivity index (χ0) is 15.3. The van der Waals surface area contributed by atoms with Crippen LogP contribution < -0.4 is 5.32 Å². The molecule has 0 fully saturated rings. The molecule has 0 aromatic heterocycles. The van der Waals surface area contributed by atoms with Crippen LogP contribution in [0.5, 0.6) is 0 Å². The molecular formula is C14H17Cl2NO3. The lowest BCUT2D eigenvalue weighted by Crippen LogP contribution is -2.53. The Morgan fingerprint density at radius 2 is 1.80 bits per heavy atom. The van der Waals surface area contributed by atoms with Gasteiger partial charge in [-0.25, -0.2) is 4.79 Å². The molecule has 0 bridgehead atoms. The highest BCUT2D eigenvalue weighted by atomic mass is 35.5. The summed E-state index contributed by atoms with van der Waals surface area (Å²) in [4.78, 5) is 23.1. The minimum absolute atomic E-state index is 0.146. The van der Waals surface area contributed by atoms with Crippen LogP contribution in [0.15, 0.2) is 30.3 Å². The van der Waals surface area contributed by atoms with Crippen molar-refractivity contribution in [1.82, 2.24) is 5.32 Å². The van der Waals surface area contributed by atoms with Crippen molar-refractivity contribution < 1.29 is 14.7 Å². The maximum absolute atomic E-state index is 12.0. The fourth-order valence-corrected chi connectivity index (χ4v) is 2.43. The molecular weight excluding hydrogens is 301 g/mol. The first-order chi connectivity index (χ1) is 9.25. The van der Waals surface area contributed by atoms with Crippen molar-refractivity contribution >= 4 is 35.1 Å². The molecule has 1 rings (SSSR count). The molecule has 0 saturated heterocycles. The highest BCUT2D eigenvalue weighted by molar-refractivity contribution is 6.58. The van der Waals surface area contributed by atoms with E-state index < -0.39 is 16.3 Å². The van der Waals surface area contributed by atoms with Crippen LogP contribution in [0, 0.1) is 5.92 Å². The third-order valence-electron chi connectivity index (χ3n) is 2.87. The van der Waals surface area contributed by atoms with Crippen molar-refractivity contribution in [3.05, 3.63) is 35.9 Å². The number of aliphatic carboxylic acids is 1. The van der Waals surface area contributed by atoms with E-state index in [0.29, 0.717) is 0 Å². The van der Waals surface area contributed by atoms with Gasteiger partial charge in [0.25, 0.3) is 0 Å². The monoisotopic (exact) mass is 317 g/mol. The Labute approximate surface area is 128 Å². The molecule has 1 aromatic carbocycles. The number of hydrogen-bond donors (Lipinski definition) is 2. The molecule has 0 aliphatic heterocycles. The van der Waals surface area contributed by atoms with Crippen molar-refractivity contribution in [1.29, 1.82) is 0 Å². The molecule has 0 saturated carbocycles. The molecule has 110 valence electrons. The van der Waals surface area contributed by atoms with Crippen LogP contribution in [0.4, 0.5) is 0 Å². The fourth-order valence-electron chi connectivity index (χ4n) is 1.81. The summed E-state index contributed by atoms with van der Waals surface area (Å²) >= 11 is 11.7. The standard InChI is InChI=1S/C14H17Cl2NO3/c1-9(2)12(14(15,16)13(19)20)17-11(18)8-10-6-4-3-5-7-10/h3-7,9,12H,8H2,1-2H3,(H,17,18)(H,19,20)/t12-/m1/s1. The van der Waals surface area contributed by atoms with E-state index in [1.54, 1.807) is 13.8 Å². The molecule has 2 N–H and O–H groups in total. The third-order valence-corrected chi connectivity index (χ3v) is 3.66. The summed E-state index contributed by atoms with van der Waals surface area (Å²) in [6.07, 6.45) is 0.146. The molecule has 0 radical (unpaired) electrons. The lowest BCUT2D eigenvalue weighted by atomic mass is 9.99. The summed E-state index contributed by atoms with van der Waals surface area (Å²) in [6.45, 7) is 3.49. The first kappa shape index (κ1) is 16.8. The minimum atomic E-state index is -2.06. The van der Waals surface area contributed by atoms with E-state index >= 15 is 0 Å². The average molecular weight is 318 g/mol. The maximum atomic E-state index is 12.0. The van der Waals surface area contributed by atoms with E-state index in [4.69, 9.17) is 28.3 Å². The second-order valence-electron chi connectivity index (χ2n) is 4.88. The number of rotatable bonds is 6. The highest BCUT2D eigenvalue weighted by Gasteiger charge is 2.45. The fraction of sp³-hybridized carbons (Fsp3) is 0.429. The molecule has 0 spiro atoms. The highest BCUT2D eigenvalue weighted by Crippen LogP contribution is 2.30. The quantitative estimate of drug-likeness (QED) is 0.793. The molecule has 0 aliphatic carbocycles. The van der Waals surface area contributed by atoms with E-state index in [2.05, 4.69) is 5.32 Å². The molecule has 0 heterocycles. The number of carbonyl (C=O) groups is 2. The van der Waals surface area contributed by atoms with Crippen molar-refractivity contribution in [3.8, 4) is 0 Å². The number of carboxylic acids is 1. The van der Waals surface area contributed by atoms with Crippen LogP contribution in [0.1, 0.15) is 19.4 Å². The SMILES string of the molecule is CC(C)[C@@H](NC(=O)Cc1ccccc1)C(Cl)(Cl)C(=O)O. The zero-order valence-electron chi connectivity index (χ0n) is 11.3. The summed E-state index contributed by atoms with van der Waals surface area (Å²) < 4.78 is -2.06. The zero-order valence-corrected chi connectivity index (χ0v) is 12.8. The Bertz CT molecular complexity index is 475. The number of nitrogens with one attached hydrogen (secondary N) is 1. The van der Waals surface area contributed by atoms with E-state index in [9.17, 15) is 9.59 Å². The van der Waals surface area contributed by atoms with Crippen molar-refractivity contribution in [2.75, 3.05) is 0 Å². The van der Waals surface area contributed by atoms with Crippen LogP contribution >= 0.6 is 23.2 Å². The van der Waals surface area contributed by atoms with E-state index in [0.717, 1.165) is 5.56 Å². The molecule has 20 heavy (non-hydrogen) atoms. The largest absolute Gasteiger partial charge is 0.479 e. The number of amides is 1. The summed E-state index contributed by atoms with van der Waals surface area (Å²) in [5.74, 6) is -1.91. The van der Waals surface area contributed by atoms with Gasteiger partial charge in [0, 0.05) is 0 Å². The molecule has 0 aliphatic rings. The van der Waals surface area contributed by atoms with Gasteiger partial charge in [-0.3, -0.25) is 4.79 Å². The van der Waals surface area contributed by atoms with E-state index in [1.807, 2.05) is 30.3 Å². The molecule has 1 aromatic rings. The van der Waals surface area contributed by atoms with Gasteiger partial charge in [0.1, 0.15) is 0 Å². The van der Waals surface area contributed by atoms with Crippen molar-refractivity contribution in [2.24, 2.45) is 5.92 Å². The van der Waals surface area contributed by atoms with Gasteiger partial charge in [-0.2, -0.15) is 0 Å². The Morgan fingerprint density at radius 1 is 1.25 bits per heavy atom. The Kier molecular flexibility index (Phi) is 5.84. The normalized spacial score (nSPS) is 13.1. The predicted molar refractivity (Wildman–Crippen MR) is 79.0 cm³/mol. The number of halogens is 2. The van der Waals surface area contributed by atoms with Crippen LogP contribution in [0.3, 0.4) is 0 Å². The number of alkyl halides is 2. The molecule has 1 atom stereocenters. The Balaban J connectivity index is 2.77. The summed E-state index contributed by atoms with van der Waals surface area (Å²) in [5.41, 5.74) is 0.831. The van der Waals surface area contributed by atoms with E-state index in [-0.39, 0.29) is 18.2 Å². The Hall–Kier alpha value is -1.26. The number of hydrogen-bond acceptors (Lipinski definition) is 2. The number of carboxylic acid groups (broad SMARTS) is 1. The minimum Gasteiger partial charge on any atom is -0.479 e. The van der Waals surface area contributed by atoms with Gasteiger partial charge in [0.05, 0.1) is 12.5 Å². The van der Waals surface area contributed by atoms with Gasteiger partial charge < -0.3 is 10.4 Å². The smallest absolute Gasteiger partial charge is 0.342 e. The second-order valence-corrected chi connectivity index (χ2v) is 6.27. The predicted octanol–water partition coefficient (Wildman–Crippen LogP) is 2.63. The number of carbonyl (C=O) groups excluding carboxylic acids is 1. The van der Waals surface area contributed by atoms with Crippen molar-refractivity contribution in [3.63, 3.8) is 0 Å². The van der Waals surface area contributed by atoms with Crippen LogP contribution in [0.2, 0.25) is 0 Å². The van der Waals surface area contributed by atoms with Gasteiger partial charge >= 0.3 is 5.97 Å². The lowest BCUT2D eigenvalue weighted by Gasteiger charge is -2.30. The van der Waals surface area contributed by atoms with Crippen LogP contribution in [-0.2, 0) is 16.0 Å². The second kappa shape index (κ2) is 6.95. The van der Waals surface area contributed by atoms with Gasteiger partial charge in [0.15, 0.2) is 0 Å². The number of benzene rings is 1. The molecule has 6 heteroatoms. The van der Waals surface area contributed by atoms with Gasteiger partial charge in [-0.05, 0) is 11.5 Å². The third kappa shape index (κ3) is 4.39. The first-order valence-electron chi connectivity index (χ1n) is 6.19. The van der Waals surface area contributed by atoms with Gasteiger partial charge in [-0.1, -0.05) is 67.4 Å². The maximum Gasteiger partial charge on any atom is 0.342 e. The molecule has 0 unspecified atom stereocenters. The van der Waals surface area contributed by atoms with Crippen LogP contribution in [0.25, 0.3) is 0 Å². The lowest BCUT2D eigenvalue weighted by molar-refractivity contribution is -0.139. The molecule has 1 amide bonds. The van der Waals surface area contributed by atoms with E-state index in [1.165, 1.54) is 0 Å². The van der Waals surface area contributed by atoms with Crippen molar-refractivity contribution in [2.45, 2.75) is 30.6 Å². The summed E-state index contributed by atoms with van der Waals surface area (Å²) in [5, 5.41) is 11.7. The summed E-state index contributed by atoms with van der Waals surface area (Å²) in [7, 11) is 0. The van der Waals surface area contributed by atoms with Gasteiger partial charge in [-0.15, -0.1) is 0 Å². The van der Waals surface area contributed by atoms with Crippen LogP contribution in [-0.4, -0.2) is 27.4 Å². The Morgan fingerprint density at radius 3 is 2.25 bits per heavy atom. The topological polar surface area (TPSA) is 66.4 Å². The first-order valence-corrected chi connectivity index (χ1v) is 6.95. The molecule has 4 nitrogen and oxygen atoms in total. The average Bonchev–Trinajstić information content (AvgIpc) is 2.36.